The largest absolute Gasteiger partial charge is 0.358 e. The second kappa shape index (κ2) is 5.50. The van der Waals surface area contributed by atoms with Crippen LogP contribution in [-0.2, 0) is 0 Å². The summed E-state index contributed by atoms with van der Waals surface area (Å²) in [5.74, 6) is 1.57. The molecule has 1 fully saturated rings. The molecule has 0 spiro atoms. The van der Waals surface area contributed by atoms with Crippen molar-refractivity contribution in [3.8, 4) is 0 Å². The molecular weight excluding hydrogens is 284 g/mol. The third kappa shape index (κ3) is 2.98. The first-order valence-electron chi connectivity index (χ1n) is 6.04. The second-order valence-corrected chi connectivity index (χ2v) is 6.59. The second-order valence-electron chi connectivity index (χ2n) is 4.92. The van der Waals surface area contributed by atoms with Crippen LogP contribution in [0.25, 0.3) is 0 Å². The molecular formula is C12H19BrN2S. The molecule has 2 unspecified atom stereocenters. The van der Waals surface area contributed by atoms with Crippen molar-refractivity contribution in [2.45, 2.75) is 45.6 Å². The Balaban J connectivity index is 2.01. The number of halogens is 1. The molecule has 1 N–H and O–H groups in total. The minimum Gasteiger partial charge on any atom is -0.358 e. The number of nitrogens with zero attached hydrogens (tertiary/aromatic N) is 1. The lowest BCUT2D eigenvalue weighted by molar-refractivity contribution is 0.254. The number of hydrogen-bond acceptors (Lipinski definition) is 3. The maximum Gasteiger partial charge on any atom is 0.183 e. The van der Waals surface area contributed by atoms with Gasteiger partial charge in [-0.05, 0) is 40.6 Å². The fraction of sp³-hybridized carbons (Fsp3) is 0.750. The van der Waals surface area contributed by atoms with Gasteiger partial charge in [-0.2, -0.15) is 0 Å². The molecule has 4 heteroatoms. The summed E-state index contributed by atoms with van der Waals surface area (Å²) < 4.78 is 0.942. The standard InChI is InChI=1S/C12H19BrN2S/c1-8(2)9-5-3-4-6-10(9)14-12-15-11(13)7-16-12/h7-10H,3-6H2,1-2H3,(H,14,15). The minimum atomic E-state index is 0.617. The van der Waals surface area contributed by atoms with Gasteiger partial charge in [0, 0.05) is 11.4 Å². The normalized spacial score (nSPS) is 26.0. The molecule has 2 rings (SSSR count). The average Bonchev–Trinajstić information content (AvgIpc) is 2.64. The van der Waals surface area contributed by atoms with E-state index in [0.29, 0.717) is 6.04 Å². The number of anilines is 1. The van der Waals surface area contributed by atoms with E-state index in [0.717, 1.165) is 21.6 Å². The molecule has 90 valence electrons. The zero-order valence-electron chi connectivity index (χ0n) is 9.87. The van der Waals surface area contributed by atoms with Crippen molar-refractivity contribution in [2.24, 2.45) is 11.8 Å². The number of thiazole rings is 1. The molecule has 1 aliphatic carbocycles. The summed E-state index contributed by atoms with van der Waals surface area (Å²) in [5.41, 5.74) is 0. The number of rotatable bonds is 3. The zero-order valence-corrected chi connectivity index (χ0v) is 12.3. The summed E-state index contributed by atoms with van der Waals surface area (Å²) >= 11 is 5.09. The smallest absolute Gasteiger partial charge is 0.183 e. The van der Waals surface area contributed by atoms with Gasteiger partial charge in [-0.15, -0.1) is 11.3 Å². The van der Waals surface area contributed by atoms with Crippen molar-refractivity contribution in [3.05, 3.63) is 9.98 Å². The summed E-state index contributed by atoms with van der Waals surface area (Å²) in [6, 6.07) is 0.617. The Bertz CT molecular complexity index is 338. The van der Waals surface area contributed by atoms with Crippen LogP contribution in [0.15, 0.2) is 9.98 Å². The van der Waals surface area contributed by atoms with Crippen molar-refractivity contribution in [1.82, 2.24) is 4.98 Å². The molecule has 1 aromatic heterocycles. The highest BCUT2D eigenvalue weighted by molar-refractivity contribution is 9.10. The van der Waals surface area contributed by atoms with Crippen LogP contribution in [0, 0.1) is 11.8 Å². The van der Waals surface area contributed by atoms with E-state index in [2.05, 4.69) is 40.1 Å². The Morgan fingerprint density at radius 3 is 2.81 bits per heavy atom. The summed E-state index contributed by atoms with van der Waals surface area (Å²) in [7, 11) is 0. The molecule has 1 aromatic rings. The third-order valence-corrected chi connectivity index (χ3v) is 4.94. The van der Waals surface area contributed by atoms with Crippen LogP contribution in [0.2, 0.25) is 0 Å². The Labute approximate surface area is 110 Å². The van der Waals surface area contributed by atoms with Gasteiger partial charge in [0.25, 0.3) is 0 Å². The molecule has 0 saturated heterocycles. The van der Waals surface area contributed by atoms with Gasteiger partial charge in [0.05, 0.1) is 0 Å². The maximum atomic E-state index is 4.42. The first-order valence-corrected chi connectivity index (χ1v) is 7.71. The fourth-order valence-electron chi connectivity index (χ4n) is 2.62. The zero-order chi connectivity index (χ0) is 11.5. The van der Waals surface area contributed by atoms with Crippen LogP contribution >= 0.6 is 27.3 Å². The molecule has 2 nitrogen and oxygen atoms in total. The Morgan fingerprint density at radius 2 is 2.19 bits per heavy atom. The van der Waals surface area contributed by atoms with Gasteiger partial charge < -0.3 is 5.32 Å². The van der Waals surface area contributed by atoms with E-state index in [4.69, 9.17) is 0 Å². The molecule has 1 aliphatic rings. The van der Waals surface area contributed by atoms with Gasteiger partial charge in [-0.1, -0.05) is 26.7 Å². The number of nitrogens with one attached hydrogen (secondary N) is 1. The first-order chi connectivity index (χ1) is 7.66. The average molecular weight is 303 g/mol. The van der Waals surface area contributed by atoms with Crippen LogP contribution in [0.5, 0.6) is 0 Å². The van der Waals surface area contributed by atoms with E-state index in [1.807, 2.05) is 5.38 Å². The van der Waals surface area contributed by atoms with E-state index in [1.165, 1.54) is 25.7 Å². The van der Waals surface area contributed by atoms with Gasteiger partial charge in [0.15, 0.2) is 5.13 Å². The van der Waals surface area contributed by atoms with E-state index < -0.39 is 0 Å². The van der Waals surface area contributed by atoms with Gasteiger partial charge >= 0.3 is 0 Å². The molecule has 2 atom stereocenters. The summed E-state index contributed by atoms with van der Waals surface area (Å²) in [5, 5.41) is 6.71. The van der Waals surface area contributed by atoms with E-state index in [1.54, 1.807) is 11.3 Å². The van der Waals surface area contributed by atoms with Crippen LogP contribution in [-0.4, -0.2) is 11.0 Å². The lowest BCUT2D eigenvalue weighted by atomic mass is 9.78. The van der Waals surface area contributed by atoms with Gasteiger partial charge in [-0.3, -0.25) is 0 Å². The van der Waals surface area contributed by atoms with Crippen molar-refractivity contribution in [3.63, 3.8) is 0 Å². The lowest BCUT2D eigenvalue weighted by Gasteiger charge is -2.34. The highest BCUT2D eigenvalue weighted by atomic mass is 79.9. The number of aromatic nitrogens is 1. The van der Waals surface area contributed by atoms with Crippen molar-refractivity contribution in [1.29, 1.82) is 0 Å². The molecule has 0 radical (unpaired) electrons. The topological polar surface area (TPSA) is 24.9 Å². The molecule has 16 heavy (non-hydrogen) atoms. The minimum absolute atomic E-state index is 0.617. The SMILES string of the molecule is CC(C)C1CCCCC1Nc1nc(Br)cs1. The van der Waals surface area contributed by atoms with Crippen LogP contribution in [0.4, 0.5) is 5.13 Å². The summed E-state index contributed by atoms with van der Waals surface area (Å²) in [4.78, 5) is 4.42. The van der Waals surface area contributed by atoms with E-state index in [9.17, 15) is 0 Å². The molecule has 0 aromatic carbocycles. The van der Waals surface area contributed by atoms with Gasteiger partial charge in [0.2, 0.25) is 0 Å². The molecule has 0 aliphatic heterocycles. The predicted octanol–water partition coefficient (Wildman–Crippen LogP) is 4.53. The predicted molar refractivity (Wildman–Crippen MR) is 74.0 cm³/mol. The van der Waals surface area contributed by atoms with Crippen molar-refractivity contribution < 1.29 is 0 Å². The van der Waals surface area contributed by atoms with Crippen molar-refractivity contribution >= 4 is 32.4 Å². The van der Waals surface area contributed by atoms with Crippen molar-refractivity contribution in [2.75, 3.05) is 5.32 Å². The van der Waals surface area contributed by atoms with Gasteiger partial charge in [-0.25, -0.2) is 4.98 Å². The third-order valence-electron chi connectivity index (χ3n) is 3.46. The molecule has 0 amide bonds. The fourth-order valence-corrected chi connectivity index (χ4v) is 3.82. The Hall–Kier alpha value is -0.0900. The van der Waals surface area contributed by atoms with Crippen LogP contribution in [0.3, 0.4) is 0 Å². The Morgan fingerprint density at radius 1 is 1.44 bits per heavy atom. The van der Waals surface area contributed by atoms with E-state index in [-0.39, 0.29) is 0 Å². The van der Waals surface area contributed by atoms with Crippen LogP contribution in [0.1, 0.15) is 39.5 Å². The lowest BCUT2D eigenvalue weighted by Crippen LogP contribution is -2.35. The summed E-state index contributed by atoms with van der Waals surface area (Å²) in [6.07, 6.45) is 5.40. The van der Waals surface area contributed by atoms with E-state index >= 15 is 0 Å². The highest BCUT2D eigenvalue weighted by Crippen LogP contribution is 2.33. The quantitative estimate of drug-likeness (QED) is 0.887. The Kier molecular flexibility index (Phi) is 4.25. The highest BCUT2D eigenvalue weighted by Gasteiger charge is 2.27. The number of hydrogen-bond donors (Lipinski definition) is 1. The van der Waals surface area contributed by atoms with Gasteiger partial charge in [0.1, 0.15) is 4.60 Å². The molecule has 1 saturated carbocycles. The molecule has 0 bridgehead atoms. The maximum absolute atomic E-state index is 4.42. The summed E-state index contributed by atoms with van der Waals surface area (Å²) in [6.45, 7) is 4.67. The first kappa shape index (κ1) is 12.4. The molecule has 1 heterocycles. The van der Waals surface area contributed by atoms with Crippen LogP contribution < -0.4 is 5.32 Å². The monoisotopic (exact) mass is 302 g/mol.